The highest BCUT2D eigenvalue weighted by atomic mass is 28.4. The standard InChI is InChI=1S/C22H31F3O4Si/c1-13-7-17-20(9-13,29-30(2,3)4)11-19(12-27-18(26)22(23,24)25)10-16-15-8-14(15)5-6-21(16,17)28-19/h14-17H,1,5-12H2,2-4H3. The first-order valence-electron chi connectivity index (χ1n) is 11.1. The van der Waals surface area contributed by atoms with Crippen LogP contribution in [-0.2, 0) is 18.7 Å². The monoisotopic (exact) mass is 444 g/mol. The van der Waals surface area contributed by atoms with Crippen LogP contribution in [0, 0.1) is 23.7 Å². The SMILES string of the molecule is C=C1CC2C(O[Si](C)(C)C)(C1)CC1(COC(=O)C(F)(F)F)CC3C4CC4CCC32O1. The molecule has 5 fully saturated rings. The molecule has 5 aliphatic rings. The molecule has 2 heterocycles. The molecule has 7 atom stereocenters. The molecule has 7 unspecified atom stereocenters. The maximum absolute atomic E-state index is 12.8. The smallest absolute Gasteiger partial charge is 0.456 e. The molecule has 4 nitrogen and oxygen atoms in total. The number of halogens is 3. The van der Waals surface area contributed by atoms with E-state index in [9.17, 15) is 18.0 Å². The molecular weight excluding hydrogens is 413 g/mol. The number of hydrogen-bond donors (Lipinski definition) is 0. The normalized spacial score (nSPS) is 46.8. The Morgan fingerprint density at radius 1 is 1.33 bits per heavy atom. The van der Waals surface area contributed by atoms with Crippen molar-refractivity contribution in [3.63, 3.8) is 0 Å². The van der Waals surface area contributed by atoms with Gasteiger partial charge in [-0.15, -0.1) is 0 Å². The lowest BCUT2D eigenvalue weighted by Crippen LogP contribution is -2.63. The van der Waals surface area contributed by atoms with E-state index in [-0.39, 0.29) is 18.1 Å². The van der Waals surface area contributed by atoms with Crippen molar-refractivity contribution >= 4 is 14.3 Å². The summed E-state index contributed by atoms with van der Waals surface area (Å²) in [6.45, 7) is 10.4. The molecule has 0 amide bonds. The number of carbonyl (C=O) groups excluding carboxylic acids is 1. The summed E-state index contributed by atoms with van der Waals surface area (Å²) in [7, 11) is -1.96. The largest absolute Gasteiger partial charge is 0.490 e. The van der Waals surface area contributed by atoms with E-state index in [1.807, 2.05) is 0 Å². The first-order chi connectivity index (χ1) is 13.8. The van der Waals surface area contributed by atoms with Crippen LogP contribution in [0.5, 0.6) is 0 Å². The topological polar surface area (TPSA) is 44.8 Å². The summed E-state index contributed by atoms with van der Waals surface area (Å²) in [6, 6.07) is 0. The predicted molar refractivity (Wildman–Crippen MR) is 106 cm³/mol. The van der Waals surface area contributed by atoms with Gasteiger partial charge in [0.15, 0.2) is 8.32 Å². The van der Waals surface area contributed by atoms with Gasteiger partial charge in [-0.1, -0.05) is 12.2 Å². The minimum atomic E-state index is -4.99. The minimum Gasteiger partial charge on any atom is -0.456 e. The van der Waals surface area contributed by atoms with Gasteiger partial charge in [0, 0.05) is 12.3 Å². The zero-order valence-electron chi connectivity index (χ0n) is 17.9. The van der Waals surface area contributed by atoms with Gasteiger partial charge in [0.2, 0.25) is 0 Å². The molecule has 0 radical (unpaired) electrons. The molecular formula is C22H31F3O4Si. The first-order valence-corrected chi connectivity index (χ1v) is 14.5. The molecule has 1 spiro atoms. The molecule has 3 saturated carbocycles. The fraction of sp³-hybridized carbons (Fsp3) is 0.864. The van der Waals surface area contributed by atoms with Crippen LogP contribution in [0.3, 0.4) is 0 Å². The molecule has 30 heavy (non-hydrogen) atoms. The summed E-state index contributed by atoms with van der Waals surface area (Å²) >= 11 is 0. The van der Waals surface area contributed by atoms with Crippen molar-refractivity contribution in [2.24, 2.45) is 23.7 Å². The Morgan fingerprint density at radius 2 is 2.07 bits per heavy atom. The Bertz CT molecular complexity index is 792. The second-order valence-corrected chi connectivity index (χ2v) is 15.9. The lowest BCUT2D eigenvalue weighted by Gasteiger charge is -2.56. The van der Waals surface area contributed by atoms with Gasteiger partial charge in [0.25, 0.3) is 0 Å². The summed E-state index contributed by atoms with van der Waals surface area (Å²) < 4.78 is 56.9. The zero-order valence-corrected chi connectivity index (χ0v) is 18.9. The number of hydrogen-bond acceptors (Lipinski definition) is 4. The lowest BCUT2D eigenvalue weighted by molar-refractivity contribution is -0.259. The molecule has 5 rings (SSSR count). The van der Waals surface area contributed by atoms with E-state index in [4.69, 9.17) is 13.9 Å². The molecule has 0 aromatic heterocycles. The van der Waals surface area contributed by atoms with Gasteiger partial charge in [0.1, 0.15) is 12.2 Å². The molecule has 0 N–H and O–H groups in total. The highest BCUT2D eigenvalue weighted by Crippen LogP contribution is 2.73. The number of alkyl halides is 3. The van der Waals surface area contributed by atoms with Gasteiger partial charge in [-0.05, 0) is 75.9 Å². The molecule has 2 aliphatic heterocycles. The lowest BCUT2D eigenvalue weighted by atomic mass is 9.65. The van der Waals surface area contributed by atoms with Crippen LogP contribution < -0.4 is 0 Å². The van der Waals surface area contributed by atoms with Crippen LogP contribution >= 0.6 is 0 Å². The second-order valence-electron chi connectivity index (χ2n) is 11.5. The second kappa shape index (κ2) is 6.13. The first kappa shape index (κ1) is 21.0. The highest BCUT2D eigenvalue weighted by Gasteiger charge is 2.75. The van der Waals surface area contributed by atoms with Crippen molar-refractivity contribution in [1.29, 1.82) is 0 Å². The van der Waals surface area contributed by atoms with Crippen LogP contribution in [0.1, 0.15) is 44.9 Å². The quantitative estimate of drug-likeness (QED) is 0.348. The highest BCUT2D eigenvalue weighted by molar-refractivity contribution is 6.69. The summed E-state index contributed by atoms with van der Waals surface area (Å²) in [5.41, 5.74) is -0.618. The Labute approximate surface area is 176 Å². The molecule has 2 saturated heterocycles. The van der Waals surface area contributed by atoms with Crippen LogP contribution in [0.2, 0.25) is 19.6 Å². The summed E-state index contributed by atoms with van der Waals surface area (Å²) in [6.07, 6.45) is 0.942. The van der Waals surface area contributed by atoms with Gasteiger partial charge in [-0.2, -0.15) is 13.2 Å². The summed E-state index contributed by atoms with van der Waals surface area (Å²) in [5.74, 6) is -0.342. The molecule has 2 bridgehead atoms. The third kappa shape index (κ3) is 3.12. The third-order valence-corrected chi connectivity index (χ3v) is 9.14. The number of ether oxygens (including phenoxy) is 2. The Kier molecular flexibility index (Phi) is 4.29. The zero-order chi connectivity index (χ0) is 21.7. The average Bonchev–Trinajstić information content (AvgIpc) is 3.22. The van der Waals surface area contributed by atoms with Gasteiger partial charge >= 0.3 is 12.1 Å². The summed E-state index contributed by atoms with van der Waals surface area (Å²) in [5, 5.41) is 0. The Hall–Kier alpha value is -0.863. The van der Waals surface area contributed by atoms with E-state index in [2.05, 4.69) is 26.2 Å². The Balaban J connectivity index is 1.53. The maximum Gasteiger partial charge on any atom is 0.490 e. The minimum absolute atomic E-state index is 0.185. The van der Waals surface area contributed by atoms with Crippen molar-refractivity contribution in [2.45, 2.75) is 87.6 Å². The van der Waals surface area contributed by atoms with Crippen LogP contribution in [0.4, 0.5) is 13.2 Å². The van der Waals surface area contributed by atoms with Gasteiger partial charge in [-0.25, -0.2) is 4.79 Å². The Morgan fingerprint density at radius 3 is 2.73 bits per heavy atom. The predicted octanol–water partition coefficient (Wildman–Crippen LogP) is 5.00. The molecule has 0 aromatic rings. The van der Waals surface area contributed by atoms with Crippen molar-refractivity contribution in [3.8, 4) is 0 Å². The van der Waals surface area contributed by atoms with Gasteiger partial charge in [-0.3, -0.25) is 0 Å². The number of rotatable bonds is 4. The average molecular weight is 445 g/mol. The number of esters is 1. The fourth-order valence-corrected chi connectivity index (χ4v) is 9.08. The van der Waals surface area contributed by atoms with E-state index in [1.165, 1.54) is 6.42 Å². The van der Waals surface area contributed by atoms with Crippen molar-refractivity contribution in [2.75, 3.05) is 6.61 Å². The number of fused-ring (bicyclic) bond motifs is 4. The van der Waals surface area contributed by atoms with Crippen LogP contribution in [0.15, 0.2) is 12.2 Å². The molecule has 3 aliphatic carbocycles. The molecule has 8 heteroatoms. The van der Waals surface area contributed by atoms with E-state index < -0.39 is 31.7 Å². The van der Waals surface area contributed by atoms with E-state index in [0.717, 1.165) is 37.2 Å². The number of carbonyl (C=O) groups is 1. The van der Waals surface area contributed by atoms with Crippen molar-refractivity contribution < 1.29 is 31.9 Å². The van der Waals surface area contributed by atoms with E-state index >= 15 is 0 Å². The van der Waals surface area contributed by atoms with Crippen LogP contribution in [0.25, 0.3) is 0 Å². The van der Waals surface area contributed by atoms with Crippen molar-refractivity contribution in [3.05, 3.63) is 12.2 Å². The fourth-order valence-electron chi connectivity index (χ4n) is 7.58. The summed E-state index contributed by atoms with van der Waals surface area (Å²) in [4.78, 5) is 11.5. The van der Waals surface area contributed by atoms with E-state index in [1.54, 1.807) is 0 Å². The van der Waals surface area contributed by atoms with Crippen molar-refractivity contribution in [1.82, 2.24) is 0 Å². The van der Waals surface area contributed by atoms with Gasteiger partial charge in [0.05, 0.1) is 11.2 Å². The molecule has 168 valence electrons. The van der Waals surface area contributed by atoms with Crippen LogP contribution in [-0.4, -0.2) is 43.9 Å². The third-order valence-electron chi connectivity index (χ3n) is 8.12. The van der Waals surface area contributed by atoms with Gasteiger partial charge < -0.3 is 13.9 Å². The molecule has 0 aromatic carbocycles. The van der Waals surface area contributed by atoms with E-state index in [0.29, 0.717) is 24.7 Å². The maximum atomic E-state index is 12.8.